The predicted octanol–water partition coefficient (Wildman–Crippen LogP) is 3.76. The summed E-state index contributed by atoms with van der Waals surface area (Å²) in [7, 11) is 4.31. The van der Waals surface area contributed by atoms with E-state index in [-0.39, 0.29) is 0 Å². The summed E-state index contributed by atoms with van der Waals surface area (Å²) in [6, 6.07) is 0.739. The second kappa shape index (κ2) is 6.40. The molecule has 1 saturated carbocycles. The molecule has 19 heavy (non-hydrogen) atoms. The summed E-state index contributed by atoms with van der Waals surface area (Å²) in [5, 5.41) is 4.58. The van der Waals surface area contributed by atoms with E-state index >= 15 is 0 Å². The summed E-state index contributed by atoms with van der Waals surface area (Å²) in [5.41, 5.74) is 2.47. The maximum Gasteiger partial charge on any atom is 0.0767 e. The Balaban J connectivity index is 2.02. The lowest BCUT2D eigenvalue weighted by molar-refractivity contribution is 0.160. The fourth-order valence-electron chi connectivity index (χ4n) is 3.04. The van der Waals surface area contributed by atoms with Crippen LogP contribution in [0.1, 0.15) is 50.9 Å². The van der Waals surface area contributed by atoms with Crippen LogP contribution in [0.3, 0.4) is 0 Å². The SMILES string of the molecule is CCc1nn(C)c(CN(C)C2CCC(C)CC2)c1Br. The molecular weight excluding hydrogens is 302 g/mol. The zero-order valence-electron chi connectivity index (χ0n) is 12.6. The van der Waals surface area contributed by atoms with Gasteiger partial charge in [0.15, 0.2) is 0 Å². The van der Waals surface area contributed by atoms with Crippen molar-refractivity contribution in [3.8, 4) is 0 Å². The van der Waals surface area contributed by atoms with E-state index in [1.807, 2.05) is 4.68 Å². The molecule has 2 rings (SSSR count). The second-order valence-corrected chi connectivity index (χ2v) is 6.81. The van der Waals surface area contributed by atoms with E-state index in [0.717, 1.165) is 24.9 Å². The molecule has 0 bridgehead atoms. The van der Waals surface area contributed by atoms with Gasteiger partial charge in [-0.25, -0.2) is 0 Å². The van der Waals surface area contributed by atoms with E-state index in [1.165, 1.54) is 41.5 Å². The van der Waals surface area contributed by atoms with Crippen molar-refractivity contribution in [2.45, 2.75) is 58.5 Å². The van der Waals surface area contributed by atoms with Gasteiger partial charge in [0.2, 0.25) is 0 Å². The van der Waals surface area contributed by atoms with Gasteiger partial charge in [0.05, 0.1) is 15.9 Å². The Labute approximate surface area is 125 Å². The minimum Gasteiger partial charge on any atom is -0.298 e. The number of nitrogens with zero attached hydrogens (tertiary/aromatic N) is 3. The van der Waals surface area contributed by atoms with E-state index in [0.29, 0.717) is 0 Å². The first-order valence-corrected chi connectivity index (χ1v) is 8.22. The molecule has 1 heterocycles. The second-order valence-electron chi connectivity index (χ2n) is 6.01. The van der Waals surface area contributed by atoms with Crippen LogP contribution in [0, 0.1) is 5.92 Å². The van der Waals surface area contributed by atoms with Gasteiger partial charge >= 0.3 is 0 Å². The monoisotopic (exact) mass is 327 g/mol. The molecule has 1 fully saturated rings. The van der Waals surface area contributed by atoms with Crippen LogP contribution in [-0.4, -0.2) is 27.8 Å². The van der Waals surface area contributed by atoms with Crippen molar-refractivity contribution in [2.24, 2.45) is 13.0 Å². The van der Waals surface area contributed by atoms with Gasteiger partial charge in [-0.3, -0.25) is 9.58 Å². The minimum atomic E-state index is 0.739. The third-order valence-corrected chi connectivity index (χ3v) is 5.43. The highest BCUT2D eigenvalue weighted by atomic mass is 79.9. The van der Waals surface area contributed by atoms with Crippen molar-refractivity contribution < 1.29 is 0 Å². The zero-order valence-corrected chi connectivity index (χ0v) is 14.2. The third kappa shape index (κ3) is 3.40. The average Bonchev–Trinajstić information content (AvgIpc) is 2.67. The number of aromatic nitrogens is 2. The standard InChI is InChI=1S/C15H26BrN3/c1-5-13-15(16)14(19(4)17-13)10-18(3)12-8-6-11(2)7-9-12/h11-12H,5-10H2,1-4H3. The fraction of sp³-hybridized carbons (Fsp3) is 0.800. The lowest BCUT2D eigenvalue weighted by Gasteiger charge is -2.33. The van der Waals surface area contributed by atoms with E-state index in [4.69, 9.17) is 0 Å². The Morgan fingerprint density at radius 2 is 1.95 bits per heavy atom. The Morgan fingerprint density at radius 1 is 1.32 bits per heavy atom. The van der Waals surface area contributed by atoms with Gasteiger partial charge in [-0.05, 0) is 61.0 Å². The maximum absolute atomic E-state index is 4.58. The smallest absolute Gasteiger partial charge is 0.0767 e. The van der Waals surface area contributed by atoms with Crippen LogP contribution in [-0.2, 0) is 20.0 Å². The summed E-state index contributed by atoms with van der Waals surface area (Å²) in [6.07, 6.45) is 6.42. The van der Waals surface area contributed by atoms with Gasteiger partial charge in [0.25, 0.3) is 0 Å². The number of rotatable bonds is 4. The molecule has 1 aromatic heterocycles. The quantitative estimate of drug-likeness (QED) is 0.839. The topological polar surface area (TPSA) is 21.1 Å². The molecule has 0 radical (unpaired) electrons. The van der Waals surface area contributed by atoms with Gasteiger partial charge in [0.1, 0.15) is 0 Å². The van der Waals surface area contributed by atoms with Gasteiger partial charge in [-0.1, -0.05) is 13.8 Å². The van der Waals surface area contributed by atoms with E-state index in [2.05, 4.69) is 53.9 Å². The minimum absolute atomic E-state index is 0.739. The highest BCUT2D eigenvalue weighted by Gasteiger charge is 2.23. The van der Waals surface area contributed by atoms with Crippen molar-refractivity contribution in [3.63, 3.8) is 0 Å². The first kappa shape index (κ1) is 15.0. The van der Waals surface area contributed by atoms with Crippen molar-refractivity contribution in [3.05, 3.63) is 15.9 Å². The highest BCUT2D eigenvalue weighted by molar-refractivity contribution is 9.10. The lowest BCUT2D eigenvalue weighted by atomic mass is 9.87. The number of aryl methyl sites for hydroxylation is 2. The molecule has 0 amide bonds. The van der Waals surface area contributed by atoms with Crippen LogP contribution in [0.4, 0.5) is 0 Å². The average molecular weight is 328 g/mol. The molecule has 0 spiro atoms. The molecule has 3 nitrogen and oxygen atoms in total. The number of hydrogen-bond donors (Lipinski definition) is 0. The summed E-state index contributed by atoms with van der Waals surface area (Å²) in [5.74, 6) is 0.916. The summed E-state index contributed by atoms with van der Waals surface area (Å²) in [4.78, 5) is 2.51. The molecule has 1 aromatic rings. The maximum atomic E-state index is 4.58. The largest absolute Gasteiger partial charge is 0.298 e. The zero-order chi connectivity index (χ0) is 14.0. The Morgan fingerprint density at radius 3 is 2.47 bits per heavy atom. The fourth-order valence-corrected chi connectivity index (χ4v) is 3.78. The third-order valence-electron chi connectivity index (χ3n) is 4.51. The lowest BCUT2D eigenvalue weighted by Crippen LogP contribution is -2.34. The van der Waals surface area contributed by atoms with Crippen molar-refractivity contribution in [1.29, 1.82) is 0 Å². The van der Waals surface area contributed by atoms with Gasteiger partial charge < -0.3 is 0 Å². The summed E-state index contributed by atoms with van der Waals surface area (Å²) >= 11 is 3.71. The molecule has 0 aliphatic heterocycles. The molecular formula is C15H26BrN3. The van der Waals surface area contributed by atoms with Crippen molar-refractivity contribution in [1.82, 2.24) is 14.7 Å². The van der Waals surface area contributed by atoms with Crippen LogP contribution in [0.5, 0.6) is 0 Å². The molecule has 0 saturated heterocycles. The number of halogens is 1. The van der Waals surface area contributed by atoms with Crippen molar-refractivity contribution >= 4 is 15.9 Å². The normalized spacial score (nSPS) is 24.1. The molecule has 1 aliphatic rings. The Kier molecular flexibility index (Phi) is 5.07. The van der Waals surface area contributed by atoms with Crippen LogP contribution >= 0.6 is 15.9 Å². The molecule has 1 aliphatic carbocycles. The summed E-state index contributed by atoms with van der Waals surface area (Å²) < 4.78 is 3.23. The van der Waals surface area contributed by atoms with Gasteiger partial charge in [-0.2, -0.15) is 5.10 Å². The van der Waals surface area contributed by atoms with E-state index in [9.17, 15) is 0 Å². The molecule has 0 aromatic carbocycles. The van der Waals surface area contributed by atoms with Gasteiger partial charge in [-0.15, -0.1) is 0 Å². The first-order chi connectivity index (χ1) is 9.02. The number of hydrogen-bond acceptors (Lipinski definition) is 2. The van der Waals surface area contributed by atoms with Crippen LogP contribution in [0.2, 0.25) is 0 Å². The van der Waals surface area contributed by atoms with Crippen molar-refractivity contribution in [2.75, 3.05) is 7.05 Å². The van der Waals surface area contributed by atoms with Crippen LogP contribution in [0.25, 0.3) is 0 Å². The molecule has 108 valence electrons. The van der Waals surface area contributed by atoms with Crippen LogP contribution in [0.15, 0.2) is 4.47 Å². The van der Waals surface area contributed by atoms with Gasteiger partial charge in [0, 0.05) is 19.6 Å². The predicted molar refractivity (Wildman–Crippen MR) is 83.2 cm³/mol. The Hall–Kier alpha value is -0.350. The molecule has 0 N–H and O–H groups in total. The van der Waals surface area contributed by atoms with E-state index in [1.54, 1.807) is 0 Å². The first-order valence-electron chi connectivity index (χ1n) is 7.43. The molecule has 4 heteroatoms. The summed E-state index contributed by atoms with van der Waals surface area (Å²) in [6.45, 7) is 5.52. The van der Waals surface area contributed by atoms with Crippen LogP contribution < -0.4 is 0 Å². The Bertz CT molecular complexity index is 419. The van der Waals surface area contributed by atoms with E-state index < -0.39 is 0 Å². The highest BCUT2D eigenvalue weighted by Crippen LogP contribution is 2.29. The molecule has 0 unspecified atom stereocenters. The molecule has 0 atom stereocenters.